The second kappa shape index (κ2) is 7.04. The van der Waals surface area contributed by atoms with Gasteiger partial charge in [0.25, 0.3) is 0 Å². The summed E-state index contributed by atoms with van der Waals surface area (Å²) < 4.78 is 11.6. The fourth-order valence-corrected chi connectivity index (χ4v) is 2.22. The lowest BCUT2D eigenvalue weighted by Gasteiger charge is -2.23. The van der Waals surface area contributed by atoms with Gasteiger partial charge in [0.2, 0.25) is 0 Å². The van der Waals surface area contributed by atoms with E-state index < -0.39 is 0 Å². The molecular weight excluding hydrogens is 238 g/mol. The van der Waals surface area contributed by atoms with Crippen molar-refractivity contribution in [3.05, 3.63) is 35.4 Å². The largest absolute Gasteiger partial charge is 0.379 e. The molecule has 0 radical (unpaired) electrons. The molecule has 1 fully saturated rings. The van der Waals surface area contributed by atoms with Crippen molar-refractivity contribution in [1.82, 2.24) is 5.32 Å². The predicted molar refractivity (Wildman–Crippen MR) is 77.4 cm³/mol. The van der Waals surface area contributed by atoms with E-state index in [1.165, 1.54) is 11.1 Å². The van der Waals surface area contributed by atoms with Gasteiger partial charge in [-0.05, 0) is 18.9 Å². The van der Waals surface area contributed by atoms with E-state index in [9.17, 15) is 0 Å². The third kappa shape index (κ3) is 4.60. The summed E-state index contributed by atoms with van der Waals surface area (Å²) in [6, 6.07) is 9.09. The second-order valence-corrected chi connectivity index (χ2v) is 5.58. The van der Waals surface area contributed by atoms with Crippen molar-refractivity contribution in [1.29, 1.82) is 0 Å². The fraction of sp³-hybridized carbons (Fsp3) is 0.625. The first-order valence-corrected chi connectivity index (χ1v) is 7.18. The van der Waals surface area contributed by atoms with Crippen molar-refractivity contribution in [2.75, 3.05) is 19.8 Å². The van der Waals surface area contributed by atoms with Crippen molar-refractivity contribution in [2.24, 2.45) is 0 Å². The van der Waals surface area contributed by atoms with Crippen LogP contribution in [0.4, 0.5) is 0 Å². The number of ether oxygens (including phenoxy) is 2. The first-order valence-electron chi connectivity index (χ1n) is 7.18. The molecule has 0 aliphatic carbocycles. The standard InChI is InChI=1S/C16H25NO2/c1-12(2)17-10-16(19-15-8-9-18-11-15)14-6-4-13(3)5-7-14/h4-7,12,15-17H,8-11H2,1-3H3. The maximum absolute atomic E-state index is 6.20. The van der Waals surface area contributed by atoms with Gasteiger partial charge in [-0.3, -0.25) is 0 Å². The smallest absolute Gasteiger partial charge is 0.0954 e. The summed E-state index contributed by atoms with van der Waals surface area (Å²) in [5.41, 5.74) is 2.52. The maximum Gasteiger partial charge on any atom is 0.0954 e. The molecule has 0 aromatic heterocycles. The van der Waals surface area contributed by atoms with E-state index in [2.05, 4.69) is 50.4 Å². The van der Waals surface area contributed by atoms with Crippen LogP contribution >= 0.6 is 0 Å². The molecule has 0 amide bonds. The Bertz CT molecular complexity index is 369. The van der Waals surface area contributed by atoms with Gasteiger partial charge >= 0.3 is 0 Å². The van der Waals surface area contributed by atoms with Crippen molar-refractivity contribution < 1.29 is 9.47 Å². The van der Waals surface area contributed by atoms with Crippen LogP contribution in [0.3, 0.4) is 0 Å². The Morgan fingerprint density at radius 1 is 1.32 bits per heavy atom. The Morgan fingerprint density at radius 3 is 2.63 bits per heavy atom. The van der Waals surface area contributed by atoms with Gasteiger partial charge in [0.15, 0.2) is 0 Å². The molecule has 1 aromatic rings. The molecule has 3 heteroatoms. The van der Waals surface area contributed by atoms with E-state index in [-0.39, 0.29) is 12.2 Å². The molecule has 3 nitrogen and oxygen atoms in total. The van der Waals surface area contributed by atoms with E-state index >= 15 is 0 Å². The molecule has 106 valence electrons. The normalized spacial score (nSPS) is 20.9. The predicted octanol–water partition coefficient (Wildman–Crippen LogP) is 2.84. The monoisotopic (exact) mass is 263 g/mol. The van der Waals surface area contributed by atoms with Gasteiger partial charge in [-0.1, -0.05) is 43.7 Å². The Kier molecular flexibility index (Phi) is 5.37. The van der Waals surface area contributed by atoms with Gasteiger partial charge in [0.1, 0.15) is 0 Å². The minimum Gasteiger partial charge on any atom is -0.379 e. The number of benzene rings is 1. The molecule has 1 aliphatic rings. The molecule has 1 saturated heterocycles. The van der Waals surface area contributed by atoms with Crippen LogP contribution in [-0.2, 0) is 9.47 Å². The average Bonchev–Trinajstić information content (AvgIpc) is 2.88. The van der Waals surface area contributed by atoms with Crippen LogP contribution < -0.4 is 5.32 Å². The van der Waals surface area contributed by atoms with E-state index in [0.29, 0.717) is 6.04 Å². The molecule has 0 saturated carbocycles. The summed E-state index contributed by atoms with van der Waals surface area (Å²) in [6.45, 7) is 8.82. The molecule has 19 heavy (non-hydrogen) atoms. The molecule has 1 heterocycles. The lowest BCUT2D eigenvalue weighted by atomic mass is 10.1. The summed E-state index contributed by atoms with van der Waals surface area (Å²) >= 11 is 0. The van der Waals surface area contributed by atoms with Crippen molar-refractivity contribution in [3.8, 4) is 0 Å². The van der Waals surface area contributed by atoms with Gasteiger partial charge in [-0.2, -0.15) is 0 Å². The number of nitrogens with one attached hydrogen (secondary N) is 1. The molecule has 0 spiro atoms. The summed E-state index contributed by atoms with van der Waals surface area (Å²) in [5, 5.41) is 3.47. The van der Waals surface area contributed by atoms with Crippen LogP contribution in [0.15, 0.2) is 24.3 Å². The highest BCUT2D eigenvalue weighted by Crippen LogP contribution is 2.22. The van der Waals surface area contributed by atoms with Crippen LogP contribution in [0, 0.1) is 6.92 Å². The summed E-state index contributed by atoms with van der Waals surface area (Å²) in [5.74, 6) is 0. The highest BCUT2D eigenvalue weighted by atomic mass is 16.6. The van der Waals surface area contributed by atoms with Crippen LogP contribution in [0.5, 0.6) is 0 Å². The summed E-state index contributed by atoms with van der Waals surface area (Å²) in [4.78, 5) is 0. The Balaban J connectivity index is 2.01. The maximum atomic E-state index is 6.20. The molecular formula is C16H25NO2. The summed E-state index contributed by atoms with van der Waals surface area (Å²) in [6.07, 6.45) is 1.35. The zero-order valence-electron chi connectivity index (χ0n) is 12.2. The van der Waals surface area contributed by atoms with E-state index in [1.54, 1.807) is 0 Å². The lowest BCUT2D eigenvalue weighted by Crippen LogP contribution is -2.31. The molecule has 0 bridgehead atoms. The van der Waals surface area contributed by atoms with Gasteiger partial charge in [0, 0.05) is 19.2 Å². The van der Waals surface area contributed by atoms with Crippen LogP contribution in [0.25, 0.3) is 0 Å². The Morgan fingerprint density at radius 2 is 2.05 bits per heavy atom. The van der Waals surface area contributed by atoms with Gasteiger partial charge in [-0.25, -0.2) is 0 Å². The minimum absolute atomic E-state index is 0.106. The molecule has 2 rings (SSSR count). The van der Waals surface area contributed by atoms with Crippen LogP contribution in [-0.4, -0.2) is 31.9 Å². The van der Waals surface area contributed by atoms with E-state index in [0.717, 1.165) is 26.2 Å². The molecule has 2 atom stereocenters. The van der Waals surface area contributed by atoms with E-state index in [4.69, 9.17) is 9.47 Å². The lowest BCUT2D eigenvalue weighted by molar-refractivity contribution is -0.0172. The highest BCUT2D eigenvalue weighted by molar-refractivity contribution is 5.23. The van der Waals surface area contributed by atoms with Crippen molar-refractivity contribution in [2.45, 2.75) is 45.4 Å². The zero-order valence-corrected chi connectivity index (χ0v) is 12.2. The number of hydrogen-bond donors (Lipinski definition) is 1. The Labute approximate surface area is 116 Å². The van der Waals surface area contributed by atoms with Crippen LogP contribution in [0.1, 0.15) is 37.5 Å². The topological polar surface area (TPSA) is 30.5 Å². The van der Waals surface area contributed by atoms with E-state index in [1.807, 2.05) is 0 Å². The van der Waals surface area contributed by atoms with Crippen LogP contribution in [0.2, 0.25) is 0 Å². The van der Waals surface area contributed by atoms with Gasteiger partial charge < -0.3 is 14.8 Å². The molecule has 1 N–H and O–H groups in total. The average molecular weight is 263 g/mol. The quantitative estimate of drug-likeness (QED) is 0.856. The first-order chi connectivity index (χ1) is 9.15. The van der Waals surface area contributed by atoms with Gasteiger partial charge in [-0.15, -0.1) is 0 Å². The minimum atomic E-state index is 0.106. The molecule has 2 unspecified atom stereocenters. The summed E-state index contributed by atoms with van der Waals surface area (Å²) in [7, 11) is 0. The number of hydrogen-bond acceptors (Lipinski definition) is 3. The third-order valence-corrected chi connectivity index (χ3v) is 3.41. The first kappa shape index (κ1) is 14.5. The SMILES string of the molecule is Cc1ccc(C(CNC(C)C)OC2CCOC2)cc1. The second-order valence-electron chi connectivity index (χ2n) is 5.58. The van der Waals surface area contributed by atoms with Gasteiger partial charge in [0.05, 0.1) is 18.8 Å². The zero-order chi connectivity index (χ0) is 13.7. The molecule has 1 aliphatic heterocycles. The Hall–Kier alpha value is -0.900. The van der Waals surface area contributed by atoms with Crippen molar-refractivity contribution in [3.63, 3.8) is 0 Å². The fourth-order valence-electron chi connectivity index (χ4n) is 2.22. The number of rotatable bonds is 6. The van der Waals surface area contributed by atoms with Crippen molar-refractivity contribution >= 4 is 0 Å². The molecule has 1 aromatic carbocycles. The highest BCUT2D eigenvalue weighted by Gasteiger charge is 2.22. The third-order valence-electron chi connectivity index (χ3n) is 3.41. The number of aryl methyl sites for hydroxylation is 1.